The van der Waals surface area contributed by atoms with E-state index in [9.17, 15) is 0 Å². The summed E-state index contributed by atoms with van der Waals surface area (Å²) in [5.74, 6) is 2.34. The molecule has 2 atom stereocenters. The third kappa shape index (κ3) is 3.07. The smallest absolute Gasteiger partial charge is 0.161 e. The second-order valence-electron chi connectivity index (χ2n) is 5.69. The predicted octanol–water partition coefficient (Wildman–Crippen LogP) is 1.90. The van der Waals surface area contributed by atoms with Crippen molar-refractivity contribution in [1.82, 2.24) is 10.6 Å². The first-order valence-electron chi connectivity index (χ1n) is 7.63. The summed E-state index contributed by atoms with van der Waals surface area (Å²) in [4.78, 5) is 0. The molecule has 4 nitrogen and oxygen atoms in total. The van der Waals surface area contributed by atoms with Gasteiger partial charge in [-0.25, -0.2) is 0 Å². The zero-order valence-corrected chi connectivity index (χ0v) is 12.2. The molecule has 2 fully saturated rings. The first-order chi connectivity index (χ1) is 9.86. The quantitative estimate of drug-likeness (QED) is 0.881. The van der Waals surface area contributed by atoms with Gasteiger partial charge in [-0.05, 0) is 56.0 Å². The van der Waals surface area contributed by atoms with E-state index in [-0.39, 0.29) is 6.10 Å². The van der Waals surface area contributed by atoms with Gasteiger partial charge in [-0.2, -0.15) is 0 Å². The molecule has 0 saturated carbocycles. The van der Waals surface area contributed by atoms with E-state index >= 15 is 0 Å². The highest BCUT2D eigenvalue weighted by atomic mass is 16.5. The van der Waals surface area contributed by atoms with Gasteiger partial charge in [-0.1, -0.05) is 6.07 Å². The fraction of sp³-hybridized carbons (Fsp3) is 0.625. The first-order valence-corrected chi connectivity index (χ1v) is 7.63. The average Bonchev–Trinajstić information content (AvgIpc) is 3.02. The molecule has 4 heteroatoms. The molecule has 0 aromatic heterocycles. The molecule has 2 aliphatic rings. The lowest BCUT2D eigenvalue weighted by Crippen LogP contribution is -2.37. The highest BCUT2D eigenvalue weighted by Crippen LogP contribution is 2.34. The van der Waals surface area contributed by atoms with Gasteiger partial charge in [0.2, 0.25) is 0 Å². The maximum Gasteiger partial charge on any atom is 0.161 e. The summed E-state index contributed by atoms with van der Waals surface area (Å²) in [7, 11) is 1.71. The summed E-state index contributed by atoms with van der Waals surface area (Å²) in [5.41, 5.74) is 1.36. The van der Waals surface area contributed by atoms with Crippen molar-refractivity contribution in [2.24, 2.45) is 0 Å². The summed E-state index contributed by atoms with van der Waals surface area (Å²) in [6, 6.07) is 6.38. The Labute approximate surface area is 120 Å². The molecular formula is C16H24N2O2. The Morgan fingerprint density at radius 2 is 1.95 bits per heavy atom. The van der Waals surface area contributed by atoms with Crippen LogP contribution in [-0.2, 0) is 0 Å². The molecule has 0 spiro atoms. The van der Waals surface area contributed by atoms with Crippen LogP contribution in [0.4, 0.5) is 0 Å². The van der Waals surface area contributed by atoms with Crippen LogP contribution < -0.4 is 20.1 Å². The molecule has 1 aromatic carbocycles. The summed E-state index contributed by atoms with van der Waals surface area (Å²) >= 11 is 0. The SMILES string of the molecule is COc1ccc(C2CCNC2)cc1OC1CCCNC1. The van der Waals surface area contributed by atoms with E-state index in [4.69, 9.17) is 9.47 Å². The van der Waals surface area contributed by atoms with Gasteiger partial charge in [0.05, 0.1) is 7.11 Å². The molecule has 3 rings (SSSR count). The maximum atomic E-state index is 6.17. The second kappa shape index (κ2) is 6.46. The van der Waals surface area contributed by atoms with Crippen molar-refractivity contribution in [3.63, 3.8) is 0 Å². The van der Waals surface area contributed by atoms with E-state index < -0.39 is 0 Å². The lowest BCUT2D eigenvalue weighted by Gasteiger charge is -2.25. The lowest BCUT2D eigenvalue weighted by atomic mass is 9.98. The van der Waals surface area contributed by atoms with E-state index in [1.807, 2.05) is 6.07 Å². The molecule has 110 valence electrons. The van der Waals surface area contributed by atoms with E-state index in [1.54, 1.807) is 7.11 Å². The van der Waals surface area contributed by atoms with Crippen LogP contribution >= 0.6 is 0 Å². The third-order valence-electron chi connectivity index (χ3n) is 4.26. The minimum Gasteiger partial charge on any atom is -0.493 e. The van der Waals surface area contributed by atoms with Crippen LogP contribution in [0.1, 0.15) is 30.7 Å². The van der Waals surface area contributed by atoms with Gasteiger partial charge < -0.3 is 20.1 Å². The molecule has 20 heavy (non-hydrogen) atoms. The number of benzene rings is 1. The summed E-state index contributed by atoms with van der Waals surface area (Å²) < 4.78 is 11.6. The number of rotatable bonds is 4. The monoisotopic (exact) mass is 276 g/mol. The fourth-order valence-corrected chi connectivity index (χ4v) is 3.08. The molecular weight excluding hydrogens is 252 g/mol. The Hall–Kier alpha value is -1.26. The van der Waals surface area contributed by atoms with Crippen LogP contribution in [-0.4, -0.2) is 39.4 Å². The van der Waals surface area contributed by atoms with Gasteiger partial charge >= 0.3 is 0 Å². The number of methoxy groups -OCH3 is 1. The molecule has 0 radical (unpaired) electrons. The number of hydrogen-bond donors (Lipinski definition) is 2. The van der Waals surface area contributed by atoms with Gasteiger partial charge in [-0.3, -0.25) is 0 Å². The topological polar surface area (TPSA) is 42.5 Å². The van der Waals surface area contributed by atoms with E-state index in [1.165, 1.54) is 18.4 Å². The Bertz CT molecular complexity index is 438. The number of ether oxygens (including phenoxy) is 2. The van der Waals surface area contributed by atoms with Gasteiger partial charge in [0.25, 0.3) is 0 Å². The third-order valence-corrected chi connectivity index (χ3v) is 4.26. The molecule has 0 aliphatic carbocycles. The van der Waals surface area contributed by atoms with Crippen LogP contribution in [0.25, 0.3) is 0 Å². The van der Waals surface area contributed by atoms with E-state index in [0.717, 1.165) is 44.1 Å². The molecule has 2 saturated heterocycles. The van der Waals surface area contributed by atoms with Crippen LogP contribution in [0.3, 0.4) is 0 Å². The predicted molar refractivity (Wildman–Crippen MR) is 79.7 cm³/mol. The van der Waals surface area contributed by atoms with Crippen LogP contribution in [0, 0.1) is 0 Å². The number of nitrogens with one attached hydrogen (secondary N) is 2. The zero-order valence-electron chi connectivity index (χ0n) is 12.2. The van der Waals surface area contributed by atoms with Crippen molar-refractivity contribution in [3.8, 4) is 11.5 Å². The molecule has 2 heterocycles. The zero-order chi connectivity index (χ0) is 13.8. The normalized spacial score (nSPS) is 26.4. The Balaban J connectivity index is 1.76. The maximum absolute atomic E-state index is 6.17. The molecule has 2 N–H and O–H groups in total. The van der Waals surface area contributed by atoms with Crippen LogP contribution in [0.15, 0.2) is 18.2 Å². The molecule has 1 aromatic rings. The van der Waals surface area contributed by atoms with Gasteiger partial charge in [-0.15, -0.1) is 0 Å². The highest BCUT2D eigenvalue weighted by Gasteiger charge is 2.20. The largest absolute Gasteiger partial charge is 0.493 e. The van der Waals surface area contributed by atoms with E-state index in [0.29, 0.717) is 5.92 Å². The van der Waals surface area contributed by atoms with E-state index in [2.05, 4.69) is 22.8 Å². The van der Waals surface area contributed by atoms with Crippen LogP contribution in [0.2, 0.25) is 0 Å². The number of hydrogen-bond acceptors (Lipinski definition) is 4. The molecule has 0 amide bonds. The Kier molecular flexibility index (Phi) is 4.43. The fourth-order valence-electron chi connectivity index (χ4n) is 3.08. The minimum absolute atomic E-state index is 0.259. The average molecular weight is 276 g/mol. The van der Waals surface area contributed by atoms with Crippen molar-refractivity contribution >= 4 is 0 Å². The first kappa shape index (κ1) is 13.7. The molecule has 2 aliphatic heterocycles. The molecule has 2 unspecified atom stereocenters. The minimum atomic E-state index is 0.259. The van der Waals surface area contributed by atoms with Crippen molar-refractivity contribution in [2.45, 2.75) is 31.3 Å². The summed E-state index contributed by atoms with van der Waals surface area (Å²) in [6.07, 6.45) is 3.76. The van der Waals surface area contributed by atoms with Crippen molar-refractivity contribution in [2.75, 3.05) is 33.3 Å². The molecule has 0 bridgehead atoms. The Morgan fingerprint density at radius 3 is 2.65 bits per heavy atom. The Morgan fingerprint density at radius 1 is 1.05 bits per heavy atom. The van der Waals surface area contributed by atoms with Gasteiger partial charge in [0.1, 0.15) is 6.10 Å². The number of piperidine rings is 1. The van der Waals surface area contributed by atoms with Crippen molar-refractivity contribution < 1.29 is 9.47 Å². The van der Waals surface area contributed by atoms with Crippen LogP contribution in [0.5, 0.6) is 11.5 Å². The summed E-state index contributed by atoms with van der Waals surface area (Å²) in [6.45, 7) is 4.21. The highest BCUT2D eigenvalue weighted by molar-refractivity contribution is 5.44. The summed E-state index contributed by atoms with van der Waals surface area (Å²) in [5, 5.41) is 6.80. The van der Waals surface area contributed by atoms with Crippen molar-refractivity contribution in [3.05, 3.63) is 23.8 Å². The standard InChI is InChI=1S/C16H24N2O2/c1-19-15-5-4-12(13-6-8-18-10-13)9-16(15)20-14-3-2-7-17-11-14/h4-5,9,13-14,17-18H,2-3,6-8,10-11H2,1H3. The van der Waals surface area contributed by atoms with Crippen molar-refractivity contribution in [1.29, 1.82) is 0 Å². The second-order valence-corrected chi connectivity index (χ2v) is 5.69. The van der Waals surface area contributed by atoms with Gasteiger partial charge in [0.15, 0.2) is 11.5 Å². The lowest BCUT2D eigenvalue weighted by molar-refractivity contribution is 0.161. The van der Waals surface area contributed by atoms with Gasteiger partial charge in [0, 0.05) is 13.1 Å².